The lowest BCUT2D eigenvalue weighted by molar-refractivity contribution is 0.0689. The number of aromatic nitrogens is 3. The molecule has 0 aliphatic heterocycles. The maximum absolute atomic E-state index is 11.5. The van der Waals surface area contributed by atoms with E-state index in [-0.39, 0.29) is 11.5 Å². The van der Waals surface area contributed by atoms with Gasteiger partial charge in [-0.2, -0.15) is 0 Å². The summed E-state index contributed by atoms with van der Waals surface area (Å²) in [5.74, 6) is -1.25. The number of Topliss-reactive ketones (excluding diaryl/α,β-unsaturated/α-hetero) is 1. The number of benzene rings is 1. The van der Waals surface area contributed by atoms with Crippen molar-refractivity contribution in [3.8, 4) is 5.69 Å². The molecule has 0 saturated carbocycles. The smallest absolute Gasteiger partial charge is 0.358 e. The van der Waals surface area contributed by atoms with Crippen LogP contribution in [-0.2, 0) is 0 Å². The third kappa shape index (κ3) is 1.88. The van der Waals surface area contributed by atoms with Crippen molar-refractivity contribution in [1.29, 1.82) is 0 Å². The Labute approximate surface area is 103 Å². The van der Waals surface area contributed by atoms with Crippen molar-refractivity contribution >= 4 is 11.8 Å². The van der Waals surface area contributed by atoms with Gasteiger partial charge in [0.1, 0.15) is 0 Å². The van der Waals surface area contributed by atoms with Crippen LogP contribution < -0.4 is 0 Å². The van der Waals surface area contributed by atoms with E-state index >= 15 is 0 Å². The molecule has 2 aromatic rings. The zero-order valence-corrected chi connectivity index (χ0v) is 9.91. The highest BCUT2D eigenvalue weighted by Crippen LogP contribution is 2.17. The second-order valence-electron chi connectivity index (χ2n) is 3.81. The summed E-state index contributed by atoms with van der Waals surface area (Å²) < 4.78 is 1.36. The fourth-order valence-electron chi connectivity index (χ4n) is 1.71. The van der Waals surface area contributed by atoms with Gasteiger partial charge >= 0.3 is 5.97 Å². The summed E-state index contributed by atoms with van der Waals surface area (Å²) in [5, 5.41) is 16.3. The number of para-hydroxylation sites is 1. The predicted octanol–water partition coefficient (Wildman–Crippen LogP) is 1.48. The van der Waals surface area contributed by atoms with Crippen LogP contribution in [0.15, 0.2) is 24.3 Å². The van der Waals surface area contributed by atoms with Gasteiger partial charge in [-0.15, -0.1) is 5.10 Å². The monoisotopic (exact) mass is 245 g/mol. The molecule has 0 amide bonds. The first-order valence-corrected chi connectivity index (χ1v) is 5.28. The Balaban J connectivity index is 2.63. The van der Waals surface area contributed by atoms with E-state index in [1.54, 1.807) is 31.2 Å². The van der Waals surface area contributed by atoms with Crippen LogP contribution in [-0.4, -0.2) is 31.9 Å². The minimum Gasteiger partial charge on any atom is -0.476 e. The molecular formula is C12H11N3O3. The first kappa shape index (κ1) is 12.0. The summed E-state index contributed by atoms with van der Waals surface area (Å²) in [6.07, 6.45) is 0. The maximum Gasteiger partial charge on any atom is 0.358 e. The van der Waals surface area contributed by atoms with Crippen molar-refractivity contribution in [2.75, 3.05) is 0 Å². The van der Waals surface area contributed by atoms with E-state index in [0.717, 1.165) is 0 Å². The standard InChI is InChI=1S/C12H11N3O3/c1-7-11(12(17)18)13-14-15(7)10-6-4-3-5-9(10)8(2)16/h3-6H,1-2H3,(H,17,18). The molecule has 18 heavy (non-hydrogen) atoms. The molecule has 0 saturated heterocycles. The van der Waals surface area contributed by atoms with Gasteiger partial charge in [0.05, 0.1) is 11.4 Å². The van der Waals surface area contributed by atoms with Crippen LogP contribution in [0.2, 0.25) is 0 Å². The SMILES string of the molecule is CC(=O)c1ccccc1-n1nnc(C(=O)O)c1C. The Morgan fingerprint density at radius 3 is 2.50 bits per heavy atom. The molecule has 1 N–H and O–H groups in total. The summed E-state index contributed by atoms with van der Waals surface area (Å²) in [7, 11) is 0. The lowest BCUT2D eigenvalue weighted by Gasteiger charge is -2.07. The van der Waals surface area contributed by atoms with Gasteiger partial charge in [-0.3, -0.25) is 4.79 Å². The summed E-state index contributed by atoms with van der Waals surface area (Å²) in [5.41, 5.74) is 1.27. The van der Waals surface area contributed by atoms with Crippen LogP contribution in [0.5, 0.6) is 0 Å². The van der Waals surface area contributed by atoms with E-state index in [4.69, 9.17) is 5.11 Å². The number of ketones is 1. The number of nitrogens with zero attached hydrogens (tertiary/aromatic N) is 3. The summed E-state index contributed by atoms with van der Waals surface area (Å²) in [6, 6.07) is 6.86. The largest absolute Gasteiger partial charge is 0.476 e. The molecular weight excluding hydrogens is 234 g/mol. The van der Waals surface area contributed by atoms with Crippen LogP contribution in [0.4, 0.5) is 0 Å². The predicted molar refractivity (Wildman–Crippen MR) is 63.1 cm³/mol. The molecule has 1 heterocycles. The molecule has 1 aromatic heterocycles. The zero-order chi connectivity index (χ0) is 13.3. The first-order valence-electron chi connectivity index (χ1n) is 5.28. The maximum atomic E-state index is 11.5. The van der Waals surface area contributed by atoms with Crippen LogP contribution in [0.25, 0.3) is 5.69 Å². The molecule has 6 nitrogen and oxygen atoms in total. The molecule has 0 aliphatic carbocycles. The van der Waals surface area contributed by atoms with E-state index in [2.05, 4.69) is 10.3 Å². The lowest BCUT2D eigenvalue weighted by atomic mass is 10.1. The Morgan fingerprint density at radius 1 is 1.28 bits per heavy atom. The molecule has 6 heteroatoms. The van der Waals surface area contributed by atoms with E-state index in [1.807, 2.05) is 0 Å². The van der Waals surface area contributed by atoms with Gasteiger partial charge in [-0.05, 0) is 26.0 Å². The Kier molecular flexibility index (Phi) is 2.93. The average Bonchev–Trinajstić information content (AvgIpc) is 2.71. The van der Waals surface area contributed by atoms with E-state index in [1.165, 1.54) is 11.6 Å². The summed E-state index contributed by atoms with van der Waals surface area (Å²) in [4.78, 5) is 22.4. The fourth-order valence-corrected chi connectivity index (χ4v) is 1.71. The molecule has 0 aliphatic rings. The third-order valence-electron chi connectivity index (χ3n) is 2.61. The number of hydrogen-bond donors (Lipinski definition) is 1. The number of carbonyl (C=O) groups excluding carboxylic acids is 1. The molecule has 2 rings (SSSR count). The number of carbonyl (C=O) groups is 2. The number of carboxylic acids is 1. The highest BCUT2D eigenvalue weighted by molar-refractivity contribution is 5.97. The van der Waals surface area contributed by atoms with Crippen molar-refractivity contribution in [2.45, 2.75) is 13.8 Å². The first-order chi connectivity index (χ1) is 8.52. The summed E-state index contributed by atoms with van der Waals surface area (Å²) in [6.45, 7) is 3.05. The minimum atomic E-state index is -1.14. The van der Waals surface area contributed by atoms with E-state index in [0.29, 0.717) is 16.9 Å². The molecule has 0 fully saturated rings. The zero-order valence-electron chi connectivity index (χ0n) is 9.91. The van der Waals surface area contributed by atoms with Crippen molar-refractivity contribution in [3.05, 3.63) is 41.2 Å². The van der Waals surface area contributed by atoms with Gasteiger partial charge in [0, 0.05) is 5.56 Å². The second-order valence-corrected chi connectivity index (χ2v) is 3.81. The van der Waals surface area contributed by atoms with Gasteiger partial charge in [0.25, 0.3) is 0 Å². The van der Waals surface area contributed by atoms with Crippen molar-refractivity contribution in [2.24, 2.45) is 0 Å². The molecule has 0 spiro atoms. The molecule has 92 valence electrons. The number of hydrogen-bond acceptors (Lipinski definition) is 4. The van der Waals surface area contributed by atoms with Crippen LogP contribution in [0.1, 0.15) is 33.5 Å². The third-order valence-corrected chi connectivity index (χ3v) is 2.61. The molecule has 1 aromatic carbocycles. The Bertz CT molecular complexity index is 631. The van der Waals surface area contributed by atoms with Crippen LogP contribution >= 0.6 is 0 Å². The average molecular weight is 245 g/mol. The van der Waals surface area contributed by atoms with Gasteiger partial charge in [0.15, 0.2) is 11.5 Å². The van der Waals surface area contributed by atoms with Crippen molar-refractivity contribution in [3.63, 3.8) is 0 Å². The molecule has 0 bridgehead atoms. The number of rotatable bonds is 3. The van der Waals surface area contributed by atoms with Gasteiger partial charge in [-0.1, -0.05) is 17.3 Å². The normalized spacial score (nSPS) is 10.3. The van der Waals surface area contributed by atoms with Gasteiger partial charge in [0.2, 0.25) is 0 Å². The van der Waals surface area contributed by atoms with Crippen LogP contribution in [0, 0.1) is 6.92 Å². The molecule has 0 unspecified atom stereocenters. The second kappa shape index (κ2) is 4.40. The van der Waals surface area contributed by atoms with Crippen LogP contribution in [0.3, 0.4) is 0 Å². The van der Waals surface area contributed by atoms with Gasteiger partial charge in [-0.25, -0.2) is 9.48 Å². The number of aromatic carboxylic acids is 1. The highest BCUT2D eigenvalue weighted by Gasteiger charge is 2.18. The van der Waals surface area contributed by atoms with Gasteiger partial charge < -0.3 is 5.11 Å². The van der Waals surface area contributed by atoms with Crippen molar-refractivity contribution in [1.82, 2.24) is 15.0 Å². The van der Waals surface area contributed by atoms with E-state index < -0.39 is 5.97 Å². The minimum absolute atomic E-state index is 0.114. The van der Waals surface area contributed by atoms with E-state index in [9.17, 15) is 9.59 Å². The lowest BCUT2D eigenvalue weighted by Crippen LogP contribution is -2.07. The highest BCUT2D eigenvalue weighted by atomic mass is 16.4. The Hall–Kier alpha value is -2.50. The fraction of sp³-hybridized carbons (Fsp3) is 0.167. The Morgan fingerprint density at radius 2 is 1.94 bits per heavy atom. The topological polar surface area (TPSA) is 85.1 Å². The summed E-state index contributed by atoms with van der Waals surface area (Å²) >= 11 is 0. The van der Waals surface area contributed by atoms with Crippen molar-refractivity contribution < 1.29 is 14.7 Å². The number of carboxylic acid groups (broad SMARTS) is 1. The molecule has 0 atom stereocenters. The quantitative estimate of drug-likeness (QED) is 0.828. The molecule has 0 radical (unpaired) electrons.